The molecule has 1 aliphatic carbocycles. The van der Waals surface area contributed by atoms with Gasteiger partial charge in [-0.15, -0.1) is 0 Å². The fraction of sp³-hybridized carbons (Fsp3) is 0.917. The molecule has 0 aromatic heterocycles. The van der Waals surface area contributed by atoms with Gasteiger partial charge in [0.05, 0.1) is 69.0 Å². The van der Waals surface area contributed by atoms with Gasteiger partial charge >= 0.3 is 0 Å². The maximum absolute atomic E-state index is 11.3. The van der Waals surface area contributed by atoms with Gasteiger partial charge in [-0.25, -0.2) is 0 Å². The van der Waals surface area contributed by atoms with Gasteiger partial charge in [-0.2, -0.15) is 0 Å². The topological polar surface area (TPSA) is 229 Å². The summed E-state index contributed by atoms with van der Waals surface area (Å²) >= 11 is 0. The summed E-state index contributed by atoms with van der Waals surface area (Å²) in [5.74, 6) is -0.218. The van der Waals surface area contributed by atoms with Crippen LogP contribution in [0.2, 0.25) is 0 Å². The molecule has 0 radical (unpaired) electrons. The van der Waals surface area contributed by atoms with E-state index in [9.17, 15) is 30.6 Å². The average Bonchev–Trinajstić information content (AvgIpc) is 3.27. The van der Waals surface area contributed by atoms with Crippen LogP contribution in [0.15, 0.2) is 12.2 Å². The SMILES string of the molecule is CC1CC(NC(CO)CO)C(O)C(OC2OC(CO)CC2O)C1OC1OC(CNCC(O)CO)C=CC1N. The fourth-order valence-corrected chi connectivity index (χ4v) is 5.04. The highest BCUT2D eigenvalue weighted by Gasteiger charge is 2.49. The second kappa shape index (κ2) is 15.3. The molecule has 0 amide bonds. The number of hydrogen-bond acceptors (Lipinski definition) is 14. The van der Waals surface area contributed by atoms with Crippen molar-refractivity contribution in [3.8, 4) is 0 Å². The highest BCUT2D eigenvalue weighted by atomic mass is 16.7. The van der Waals surface area contributed by atoms with Crippen molar-refractivity contribution in [2.45, 2.75) is 93.2 Å². The van der Waals surface area contributed by atoms with Crippen LogP contribution in [0, 0.1) is 5.92 Å². The highest BCUT2D eigenvalue weighted by Crippen LogP contribution is 2.35. The van der Waals surface area contributed by atoms with E-state index in [4.69, 9.17) is 29.8 Å². The third kappa shape index (κ3) is 8.34. The van der Waals surface area contributed by atoms with Crippen LogP contribution in [-0.4, -0.2) is 149 Å². The average molecular weight is 552 g/mol. The van der Waals surface area contributed by atoms with E-state index in [-0.39, 0.29) is 45.3 Å². The minimum Gasteiger partial charge on any atom is -0.395 e. The maximum atomic E-state index is 11.3. The minimum absolute atomic E-state index is 0.172. The molecule has 222 valence electrons. The van der Waals surface area contributed by atoms with Crippen LogP contribution in [-0.2, 0) is 18.9 Å². The third-order valence-corrected chi connectivity index (χ3v) is 7.19. The molecule has 14 nitrogen and oxygen atoms in total. The Morgan fingerprint density at radius 2 is 1.68 bits per heavy atom. The molecule has 1 saturated heterocycles. The van der Waals surface area contributed by atoms with Gasteiger partial charge in [0.1, 0.15) is 12.2 Å². The van der Waals surface area contributed by atoms with Gasteiger partial charge in [0.25, 0.3) is 0 Å². The smallest absolute Gasteiger partial charge is 0.184 e. The summed E-state index contributed by atoms with van der Waals surface area (Å²) in [5, 5.41) is 74.8. The molecule has 0 aromatic carbocycles. The second-order valence-corrected chi connectivity index (χ2v) is 10.4. The lowest BCUT2D eigenvalue weighted by molar-refractivity contribution is -0.286. The second-order valence-electron chi connectivity index (χ2n) is 10.4. The predicted octanol–water partition coefficient (Wildman–Crippen LogP) is -4.51. The minimum atomic E-state index is -1.17. The van der Waals surface area contributed by atoms with Crippen molar-refractivity contribution in [1.82, 2.24) is 10.6 Å². The molecule has 0 spiro atoms. The van der Waals surface area contributed by atoms with Gasteiger partial charge < -0.3 is 71.1 Å². The van der Waals surface area contributed by atoms with Crippen molar-refractivity contribution >= 4 is 0 Å². The van der Waals surface area contributed by atoms with E-state index in [0.29, 0.717) is 13.0 Å². The number of aliphatic hydroxyl groups is 7. The van der Waals surface area contributed by atoms with Crippen LogP contribution in [0.5, 0.6) is 0 Å². The van der Waals surface area contributed by atoms with Crippen molar-refractivity contribution in [1.29, 1.82) is 0 Å². The lowest BCUT2D eigenvalue weighted by atomic mass is 9.79. The Morgan fingerprint density at radius 3 is 2.32 bits per heavy atom. The summed E-state index contributed by atoms with van der Waals surface area (Å²) in [4.78, 5) is 0. The summed E-state index contributed by atoms with van der Waals surface area (Å²) in [5.41, 5.74) is 6.24. The molecular formula is C24H45N3O11. The Morgan fingerprint density at radius 1 is 0.974 bits per heavy atom. The first-order valence-electron chi connectivity index (χ1n) is 13.2. The molecular weight excluding hydrogens is 506 g/mol. The molecule has 0 bridgehead atoms. The first-order chi connectivity index (χ1) is 18.2. The number of aliphatic hydroxyl groups excluding tert-OH is 7. The van der Waals surface area contributed by atoms with E-state index in [0.717, 1.165) is 0 Å². The summed E-state index contributed by atoms with van der Waals surface area (Å²) < 4.78 is 24.0. The predicted molar refractivity (Wildman–Crippen MR) is 133 cm³/mol. The molecule has 3 rings (SSSR count). The Kier molecular flexibility index (Phi) is 12.7. The standard InChI is InChI=1S/C24H45N3O11/c1-12-4-18(27-13(8-28)9-29)20(34)22(38-24-19(33)5-16(11-31)36-24)21(12)37-23-17(25)3-2-15(35-23)7-26-6-14(32)10-30/h2-3,12-24,26-34H,4-11,25H2,1H3. The van der Waals surface area contributed by atoms with Crippen LogP contribution in [0.3, 0.4) is 0 Å². The quantitative estimate of drug-likeness (QED) is 0.0918. The zero-order chi connectivity index (χ0) is 27.8. The molecule has 1 saturated carbocycles. The van der Waals surface area contributed by atoms with Crippen molar-refractivity contribution in [2.24, 2.45) is 11.7 Å². The first-order valence-corrected chi connectivity index (χ1v) is 13.2. The number of nitrogens with two attached hydrogens (primary N) is 1. The molecule has 11 N–H and O–H groups in total. The molecule has 12 atom stereocenters. The highest BCUT2D eigenvalue weighted by molar-refractivity contribution is 5.05. The van der Waals surface area contributed by atoms with E-state index < -0.39 is 73.4 Å². The number of rotatable bonds is 14. The lowest BCUT2D eigenvalue weighted by Crippen LogP contribution is -2.63. The molecule has 3 aliphatic rings. The van der Waals surface area contributed by atoms with Crippen LogP contribution >= 0.6 is 0 Å². The summed E-state index contributed by atoms with van der Waals surface area (Å²) in [7, 11) is 0. The van der Waals surface area contributed by atoms with Crippen molar-refractivity contribution in [3.05, 3.63) is 12.2 Å². The lowest BCUT2D eigenvalue weighted by Gasteiger charge is -2.47. The van der Waals surface area contributed by atoms with E-state index in [1.165, 1.54) is 0 Å². The van der Waals surface area contributed by atoms with Crippen molar-refractivity contribution in [3.63, 3.8) is 0 Å². The molecule has 14 heteroatoms. The zero-order valence-corrected chi connectivity index (χ0v) is 21.7. The summed E-state index contributed by atoms with van der Waals surface area (Å²) in [6, 6.07) is -1.83. The number of nitrogens with one attached hydrogen (secondary N) is 2. The summed E-state index contributed by atoms with van der Waals surface area (Å²) in [6.07, 6.45) is -3.76. The Hall–Kier alpha value is -0.820. The van der Waals surface area contributed by atoms with E-state index in [2.05, 4.69) is 10.6 Å². The van der Waals surface area contributed by atoms with Gasteiger partial charge in [0, 0.05) is 25.6 Å². The zero-order valence-electron chi connectivity index (χ0n) is 21.7. The van der Waals surface area contributed by atoms with Gasteiger partial charge in [0.2, 0.25) is 0 Å². The fourth-order valence-electron chi connectivity index (χ4n) is 5.04. The monoisotopic (exact) mass is 551 g/mol. The van der Waals surface area contributed by atoms with Crippen molar-refractivity contribution in [2.75, 3.05) is 39.5 Å². The molecule has 2 fully saturated rings. The normalized spacial score (nSPS) is 40.6. The maximum Gasteiger partial charge on any atom is 0.184 e. The third-order valence-electron chi connectivity index (χ3n) is 7.19. The molecule has 2 aliphatic heterocycles. The molecule has 38 heavy (non-hydrogen) atoms. The molecule has 2 heterocycles. The number of ether oxygens (including phenoxy) is 4. The van der Waals surface area contributed by atoms with Crippen molar-refractivity contribution < 1.29 is 54.7 Å². The molecule has 0 aromatic rings. The van der Waals surface area contributed by atoms with Gasteiger partial charge in [-0.1, -0.05) is 19.1 Å². The summed E-state index contributed by atoms with van der Waals surface area (Å²) in [6.45, 7) is 1.11. The van der Waals surface area contributed by atoms with Gasteiger partial charge in [-0.05, 0) is 12.3 Å². The van der Waals surface area contributed by atoms with Crippen LogP contribution in [0.4, 0.5) is 0 Å². The van der Waals surface area contributed by atoms with Gasteiger partial charge in [-0.3, -0.25) is 0 Å². The number of hydrogen-bond donors (Lipinski definition) is 10. The van der Waals surface area contributed by atoms with E-state index in [1.54, 1.807) is 12.2 Å². The first kappa shape index (κ1) is 31.7. The van der Waals surface area contributed by atoms with Gasteiger partial charge in [0.15, 0.2) is 12.6 Å². The Balaban J connectivity index is 1.72. The van der Waals surface area contributed by atoms with Crippen LogP contribution in [0.25, 0.3) is 0 Å². The van der Waals surface area contributed by atoms with E-state index >= 15 is 0 Å². The van der Waals surface area contributed by atoms with E-state index in [1.807, 2.05) is 6.92 Å². The Labute approximate surface area is 222 Å². The molecule has 12 unspecified atom stereocenters. The largest absolute Gasteiger partial charge is 0.395 e. The Bertz CT molecular complexity index is 718. The van der Waals surface area contributed by atoms with Crippen LogP contribution in [0.1, 0.15) is 19.8 Å². The van der Waals surface area contributed by atoms with Crippen LogP contribution < -0.4 is 16.4 Å².